The fourth-order valence-electron chi connectivity index (χ4n) is 2.61. The molecule has 0 spiro atoms. The van der Waals surface area contributed by atoms with E-state index in [2.05, 4.69) is 9.88 Å². The monoisotopic (exact) mass is 272 g/mol. The van der Waals surface area contributed by atoms with Crippen LogP contribution >= 0.6 is 0 Å². The third-order valence-corrected chi connectivity index (χ3v) is 3.78. The molecule has 2 aromatic heterocycles. The predicted octanol–water partition coefficient (Wildman–Crippen LogP) is 2.95. The van der Waals surface area contributed by atoms with Gasteiger partial charge in [-0.25, -0.2) is 4.98 Å². The predicted molar refractivity (Wildman–Crippen MR) is 77.5 cm³/mol. The fourth-order valence-corrected chi connectivity index (χ4v) is 2.61. The number of hydrogen-bond donors (Lipinski definition) is 1. The quantitative estimate of drug-likeness (QED) is 0.909. The molecule has 0 atom stereocenters. The molecule has 1 fully saturated rings. The van der Waals surface area contributed by atoms with Crippen LogP contribution in [-0.2, 0) is 13.2 Å². The second-order valence-corrected chi connectivity index (χ2v) is 5.48. The Hall–Kier alpha value is -1.81. The lowest BCUT2D eigenvalue weighted by molar-refractivity contribution is 0.280. The molecule has 4 nitrogen and oxygen atoms in total. The van der Waals surface area contributed by atoms with Gasteiger partial charge < -0.3 is 14.4 Å². The Balaban J connectivity index is 1.98. The number of aromatic nitrogens is 1. The van der Waals surface area contributed by atoms with Gasteiger partial charge in [0.1, 0.15) is 11.6 Å². The van der Waals surface area contributed by atoms with Crippen molar-refractivity contribution in [3.05, 3.63) is 47.0 Å². The van der Waals surface area contributed by atoms with Crippen molar-refractivity contribution >= 4 is 5.82 Å². The minimum atomic E-state index is 0.0236. The van der Waals surface area contributed by atoms with Crippen molar-refractivity contribution in [1.82, 2.24) is 4.98 Å². The number of furan rings is 1. The van der Waals surface area contributed by atoms with E-state index >= 15 is 0 Å². The molecule has 0 aromatic carbocycles. The van der Waals surface area contributed by atoms with Crippen molar-refractivity contribution in [2.24, 2.45) is 0 Å². The van der Waals surface area contributed by atoms with Gasteiger partial charge in [0, 0.05) is 17.3 Å². The third-order valence-electron chi connectivity index (χ3n) is 3.78. The molecule has 1 aliphatic carbocycles. The van der Waals surface area contributed by atoms with Crippen LogP contribution in [0, 0.1) is 13.8 Å². The number of aryl methyl sites for hydroxylation is 2. The molecule has 1 aliphatic rings. The van der Waals surface area contributed by atoms with Crippen LogP contribution in [0.3, 0.4) is 0 Å². The van der Waals surface area contributed by atoms with E-state index in [-0.39, 0.29) is 6.61 Å². The lowest BCUT2D eigenvalue weighted by Crippen LogP contribution is -2.27. The van der Waals surface area contributed by atoms with E-state index in [4.69, 9.17) is 4.42 Å². The first-order chi connectivity index (χ1) is 9.69. The van der Waals surface area contributed by atoms with Crippen molar-refractivity contribution in [3.63, 3.8) is 0 Å². The average Bonchev–Trinajstić information content (AvgIpc) is 3.12. The molecule has 20 heavy (non-hydrogen) atoms. The highest BCUT2D eigenvalue weighted by atomic mass is 16.3. The van der Waals surface area contributed by atoms with Crippen molar-refractivity contribution in [2.45, 2.75) is 45.9 Å². The van der Waals surface area contributed by atoms with E-state index in [0.29, 0.717) is 12.6 Å². The summed E-state index contributed by atoms with van der Waals surface area (Å²) >= 11 is 0. The summed E-state index contributed by atoms with van der Waals surface area (Å²) in [7, 11) is 0. The SMILES string of the molecule is Cc1cc(C)c(CO)c(N(Cc2ccco2)C2CC2)n1. The minimum absolute atomic E-state index is 0.0236. The van der Waals surface area contributed by atoms with Crippen LogP contribution in [0.1, 0.15) is 35.4 Å². The fraction of sp³-hybridized carbons (Fsp3) is 0.438. The van der Waals surface area contributed by atoms with Crippen LogP contribution in [-0.4, -0.2) is 16.1 Å². The molecule has 0 aliphatic heterocycles. The highest BCUT2D eigenvalue weighted by Gasteiger charge is 2.32. The number of rotatable bonds is 5. The largest absolute Gasteiger partial charge is 0.467 e. The van der Waals surface area contributed by atoms with E-state index < -0.39 is 0 Å². The summed E-state index contributed by atoms with van der Waals surface area (Å²) in [5.41, 5.74) is 3.01. The first-order valence-electron chi connectivity index (χ1n) is 7.06. The van der Waals surface area contributed by atoms with Gasteiger partial charge in [-0.05, 0) is 50.5 Å². The zero-order valence-electron chi connectivity index (χ0n) is 12.0. The number of aliphatic hydroxyl groups excluding tert-OH is 1. The minimum Gasteiger partial charge on any atom is -0.467 e. The Morgan fingerprint density at radius 3 is 2.80 bits per heavy atom. The van der Waals surface area contributed by atoms with Crippen molar-refractivity contribution in [1.29, 1.82) is 0 Å². The smallest absolute Gasteiger partial charge is 0.135 e. The normalized spacial score (nSPS) is 14.6. The molecule has 0 bridgehead atoms. The second kappa shape index (κ2) is 5.29. The number of nitrogens with zero attached hydrogens (tertiary/aromatic N) is 2. The average molecular weight is 272 g/mol. The van der Waals surface area contributed by atoms with Gasteiger partial charge in [-0.3, -0.25) is 0 Å². The van der Waals surface area contributed by atoms with Gasteiger partial charge in [-0.2, -0.15) is 0 Å². The summed E-state index contributed by atoms with van der Waals surface area (Å²) in [6.07, 6.45) is 4.06. The second-order valence-electron chi connectivity index (χ2n) is 5.48. The molecule has 0 unspecified atom stereocenters. The number of hydrogen-bond acceptors (Lipinski definition) is 4. The maximum Gasteiger partial charge on any atom is 0.135 e. The molecule has 4 heteroatoms. The van der Waals surface area contributed by atoms with E-state index in [1.165, 1.54) is 12.8 Å². The Morgan fingerprint density at radius 2 is 2.20 bits per heavy atom. The molecule has 3 rings (SSSR count). The molecule has 0 saturated heterocycles. The number of anilines is 1. The molecule has 0 amide bonds. The van der Waals surface area contributed by atoms with Crippen LogP contribution in [0.5, 0.6) is 0 Å². The summed E-state index contributed by atoms with van der Waals surface area (Å²) in [6, 6.07) is 6.42. The third kappa shape index (κ3) is 2.56. The van der Waals surface area contributed by atoms with Gasteiger partial charge in [0.15, 0.2) is 0 Å². The van der Waals surface area contributed by atoms with Gasteiger partial charge >= 0.3 is 0 Å². The highest BCUT2D eigenvalue weighted by Crippen LogP contribution is 2.35. The number of aliphatic hydroxyl groups is 1. The van der Waals surface area contributed by atoms with Crippen molar-refractivity contribution in [3.8, 4) is 0 Å². The summed E-state index contributed by atoms with van der Waals surface area (Å²) < 4.78 is 5.47. The summed E-state index contributed by atoms with van der Waals surface area (Å²) in [5, 5.41) is 9.68. The van der Waals surface area contributed by atoms with Crippen LogP contribution in [0.15, 0.2) is 28.9 Å². The summed E-state index contributed by atoms with van der Waals surface area (Å²) in [5.74, 6) is 1.84. The van der Waals surface area contributed by atoms with Gasteiger partial charge in [0.25, 0.3) is 0 Å². The maximum atomic E-state index is 9.68. The Morgan fingerprint density at radius 1 is 1.40 bits per heavy atom. The van der Waals surface area contributed by atoms with Crippen molar-refractivity contribution in [2.75, 3.05) is 4.90 Å². The molecule has 106 valence electrons. The first kappa shape index (κ1) is 13.2. The number of pyridine rings is 1. The van der Waals surface area contributed by atoms with E-state index in [9.17, 15) is 5.11 Å². The zero-order chi connectivity index (χ0) is 14.1. The Bertz CT molecular complexity index is 589. The lowest BCUT2D eigenvalue weighted by atomic mass is 10.1. The molecule has 0 radical (unpaired) electrons. The van der Waals surface area contributed by atoms with Crippen LogP contribution < -0.4 is 4.90 Å². The summed E-state index contributed by atoms with van der Waals surface area (Å²) in [4.78, 5) is 6.94. The molecular formula is C16H20N2O2. The van der Waals surface area contributed by atoms with E-state index in [1.807, 2.05) is 32.0 Å². The summed E-state index contributed by atoms with van der Waals surface area (Å²) in [6.45, 7) is 4.76. The Labute approximate surface area is 119 Å². The van der Waals surface area contributed by atoms with E-state index in [1.54, 1.807) is 6.26 Å². The van der Waals surface area contributed by atoms with Gasteiger partial charge in [0.05, 0.1) is 19.4 Å². The van der Waals surface area contributed by atoms with E-state index in [0.717, 1.165) is 28.4 Å². The standard InChI is InChI=1S/C16H20N2O2/c1-11-8-12(2)17-16(15(11)10-19)18(13-5-6-13)9-14-4-3-7-20-14/h3-4,7-8,13,19H,5-6,9-10H2,1-2H3. The molecule has 2 heterocycles. The molecule has 1 N–H and O–H groups in total. The Kier molecular flexibility index (Phi) is 3.49. The van der Waals surface area contributed by atoms with Gasteiger partial charge in [0.2, 0.25) is 0 Å². The van der Waals surface area contributed by atoms with Crippen molar-refractivity contribution < 1.29 is 9.52 Å². The van der Waals surface area contributed by atoms with Crippen LogP contribution in [0.4, 0.5) is 5.82 Å². The first-order valence-corrected chi connectivity index (χ1v) is 7.06. The topological polar surface area (TPSA) is 49.5 Å². The molecule has 1 saturated carbocycles. The van der Waals surface area contributed by atoms with Crippen LogP contribution in [0.2, 0.25) is 0 Å². The molecular weight excluding hydrogens is 252 g/mol. The van der Waals surface area contributed by atoms with Crippen LogP contribution in [0.25, 0.3) is 0 Å². The zero-order valence-corrected chi connectivity index (χ0v) is 12.0. The molecule has 2 aromatic rings. The van der Waals surface area contributed by atoms with Gasteiger partial charge in [-0.1, -0.05) is 0 Å². The van der Waals surface area contributed by atoms with Gasteiger partial charge in [-0.15, -0.1) is 0 Å². The maximum absolute atomic E-state index is 9.68. The lowest BCUT2D eigenvalue weighted by Gasteiger charge is -2.26. The highest BCUT2D eigenvalue weighted by molar-refractivity contribution is 5.53.